The first-order valence-corrected chi connectivity index (χ1v) is 7.27. The number of hydrogen-bond donors (Lipinski definition) is 2. The lowest BCUT2D eigenvalue weighted by Crippen LogP contribution is -2.38. The molecule has 0 amide bonds. The largest absolute Gasteiger partial charge is 0.491 e. The van der Waals surface area contributed by atoms with Crippen molar-refractivity contribution >= 4 is 11.6 Å². The second-order valence-corrected chi connectivity index (χ2v) is 5.43. The Hall–Kier alpha value is -1.56. The normalized spacial score (nSPS) is 13.9. The Morgan fingerprint density at radius 3 is 3.05 bits per heavy atom. The number of nitrogens with one attached hydrogen (secondary N) is 1. The van der Waals surface area contributed by atoms with E-state index in [0.29, 0.717) is 17.3 Å². The summed E-state index contributed by atoms with van der Waals surface area (Å²) in [7, 11) is 0. The van der Waals surface area contributed by atoms with Gasteiger partial charge in [0, 0.05) is 36.5 Å². The van der Waals surface area contributed by atoms with Crippen LogP contribution in [0.4, 0.5) is 0 Å². The molecule has 2 aromatic rings. The first-order chi connectivity index (χ1) is 10.1. The summed E-state index contributed by atoms with van der Waals surface area (Å²) < 4.78 is 7.49. The molecule has 2 rings (SSSR count). The number of nitrogens with zero attached hydrogens (tertiary/aromatic N) is 2. The lowest BCUT2D eigenvalue weighted by molar-refractivity contribution is 0.103. The number of hydrogen-bond acceptors (Lipinski definition) is 4. The second-order valence-electron chi connectivity index (χ2n) is 4.99. The molecule has 0 aliphatic carbocycles. The van der Waals surface area contributed by atoms with Crippen LogP contribution in [0.15, 0.2) is 43.0 Å². The number of imidazole rings is 1. The molecule has 5 nitrogen and oxygen atoms in total. The van der Waals surface area contributed by atoms with Gasteiger partial charge in [-0.05, 0) is 25.1 Å². The molecule has 0 radical (unpaired) electrons. The Morgan fingerprint density at radius 2 is 2.33 bits per heavy atom. The Balaban J connectivity index is 1.66. The fraction of sp³-hybridized carbons (Fsp3) is 0.400. The first kappa shape index (κ1) is 15.8. The molecule has 0 spiro atoms. The van der Waals surface area contributed by atoms with Crippen LogP contribution in [0.3, 0.4) is 0 Å². The average molecular weight is 310 g/mol. The zero-order valence-electron chi connectivity index (χ0n) is 11.9. The van der Waals surface area contributed by atoms with Gasteiger partial charge in [-0.2, -0.15) is 0 Å². The standard InChI is InChI=1S/C15H20ClN3O2/c1-12(9-19-6-5-17-11-19)18-8-14(20)10-21-15-4-2-3-13(16)7-15/h2-7,11-12,14,18,20H,8-10H2,1H3. The van der Waals surface area contributed by atoms with Gasteiger partial charge in [-0.25, -0.2) is 4.98 Å². The highest BCUT2D eigenvalue weighted by atomic mass is 35.5. The van der Waals surface area contributed by atoms with Crippen LogP contribution in [0.5, 0.6) is 5.75 Å². The predicted molar refractivity (Wildman–Crippen MR) is 82.6 cm³/mol. The van der Waals surface area contributed by atoms with Gasteiger partial charge in [-0.1, -0.05) is 17.7 Å². The van der Waals surface area contributed by atoms with Gasteiger partial charge < -0.3 is 19.7 Å². The van der Waals surface area contributed by atoms with Gasteiger partial charge in [0.15, 0.2) is 0 Å². The maximum atomic E-state index is 9.92. The van der Waals surface area contributed by atoms with E-state index in [9.17, 15) is 5.11 Å². The summed E-state index contributed by atoms with van der Waals surface area (Å²) in [5, 5.41) is 13.8. The van der Waals surface area contributed by atoms with Gasteiger partial charge in [0.1, 0.15) is 18.5 Å². The van der Waals surface area contributed by atoms with Crippen molar-refractivity contribution < 1.29 is 9.84 Å². The third-order valence-corrected chi connectivity index (χ3v) is 3.22. The van der Waals surface area contributed by atoms with E-state index in [1.807, 2.05) is 22.9 Å². The van der Waals surface area contributed by atoms with Crippen LogP contribution in [0, 0.1) is 0 Å². The highest BCUT2D eigenvalue weighted by molar-refractivity contribution is 6.30. The molecular weight excluding hydrogens is 290 g/mol. The van der Waals surface area contributed by atoms with Crippen molar-refractivity contribution in [2.24, 2.45) is 0 Å². The van der Waals surface area contributed by atoms with Crippen molar-refractivity contribution in [1.82, 2.24) is 14.9 Å². The molecule has 114 valence electrons. The Kier molecular flexibility index (Phi) is 6.04. The van der Waals surface area contributed by atoms with E-state index in [-0.39, 0.29) is 12.6 Å². The molecule has 0 saturated heterocycles. The summed E-state index contributed by atoms with van der Waals surface area (Å²) in [5.41, 5.74) is 0. The molecule has 0 aliphatic rings. The lowest BCUT2D eigenvalue weighted by Gasteiger charge is -2.18. The fourth-order valence-electron chi connectivity index (χ4n) is 1.92. The number of rotatable bonds is 8. The molecule has 0 bridgehead atoms. The minimum Gasteiger partial charge on any atom is -0.491 e. The van der Waals surface area contributed by atoms with E-state index < -0.39 is 6.10 Å². The van der Waals surface area contributed by atoms with Crippen molar-refractivity contribution in [3.8, 4) is 5.75 Å². The van der Waals surface area contributed by atoms with E-state index in [2.05, 4.69) is 17.2 Å². The first-order valence-electron chi connectivity index (χ1n) is 6.89. The topological polar surface area (TPSA) is 59.3 Å². The van der Waals surface area contributed by atoms with Crippen molar-refractivity contribution in [2.45, 2.75) is 25.6 Å². The minimum absolute atomic E-state index is 0.227. The third kappa shape index (κ3) is 5.75. The maximum absolute atomic E-state index is 9.92. The number of halogens is 1. The van der Waals surface area contributed by atoms with Crippen molar-refractivity contribution in [3.05, 3.63) is 48.0 Å². The summed E-state index contributed by atoms with van der Waals surface area (Å²) in [6.45, 7) is 3.56. The van der Waals surface area contributed by atoms with Gasteiger partial charge in [0.2, 0.25) is 0 Å². The quantitative estimate of drug-likeness (QED) is 0.782. The molecule has 2 unspecified atom stereocenters. The Bertz CT molecular complexity index is 533. The molecule has 1 heterocycles. The zero-order valence-corrected chi connectivity index (χ0v) is 12.7. The van der Waals surface area contributed by atoms with Crippen molar-refractivity contribution in [1.29, 1.82) is 0 Å². The van der Waals surface area contributed by atoms with Crippen LogP contribution >= 0.6 is 11.6 Å². The summed E-state index contributed by atoms with van der Waals surface area (Å²) in [6, 6.07) is 7.37. The van der Waals surface area contributed by atoms with Gasteiger partial charge in [-0.3, -0.25) is 0 Å². The number of benzene rings is 1. The molecule has 21 heavy (non-hydrogen) atoms. The van der Waals surface area contributed by atoms with Gasteiger partial charge in [0.25, 0.3) is 0 Å². The molecule has 2 N–H and O–H groups in total. The van der Waals surface area contributed by atoms with Crippen LogP contribution in [0.25, 0.3) is 0 Å². The maximum Gasteiger partial charge on any atom is 0.120 e. The molecular formula is C15H20ClN3O2. The lowest BCUT2D eigenvalue weighted by atomic mass is 10.3. The SMILES string of the molecule is CC(Cn1ccnc1)NCC(O)COc1cccc(Cl)c1. The van der Waals surface area contributed by atoms with Crippen LogP contribution < -0.4 is 10.1 Å². The molecule has 0 fully saturated rings. The summed E-state index contributed by atoms with van der Waals surface area (Å²) >= 11 is 5.87. The number of aliphatic hydroxyl groups is 1. The summed E-state index contributed by atoms with van der Waals surface area (Å²) in [6.07, 6.45) is 4.86. The minimum atomic E-state index is -0.575. The predicted octanol–water partition coefficient (Wildman–Crippen LogP) is 1.95. The van der Waals surface area contributed by atoms with Gasteiger partial charge in [0.05, 0.1) is 6.33 Å². The van der Waals surface area contributed by atoms with Crippen LogP contribution in [-0.2, 0) is 6.54 Å². The third-order valence-electron chi connectivity index (χ3n) is 2.98. The summed E-state index contributed by atoms with van der Waals surface area (Å²) in [5.74, 6) is 0.660. The highest BCUT2D eigenvalue weighted by Crippen LogP contribution is 2.17. The molecule has 2 atom stereocenters. The van der Waals surface area contributed by atoms with Crippen LogP contribution in [0.2, 0.25) is 5.02 Å². The average Bonchev–Trinajstić information content (AvgIpc) is 2.96. The van der Waals surface area contributed by atoms with E-state index in [0.717, 1.165) is 6.54 Å². The highest BCUT2D eigenvalue weighted by Gasteiger charge is 2.08. The Morgan fingerprint density at radius 1 is 1.48 bits per heavy atom. The number of ether oxygens (including phenoxy) is 1. The molecule has 0 aliphatic heterocycles. The molecule has 1 aromatic heterocycles. The second kappa shape index (κ2) is 8.02. The monoisotopic (exact) mass is 309 g/mol. The molecule has 0 saturated carbocycles. The fourth-order valence-corrected chi connectivity index (χ4v) is 2.10. The Labute approximate surface area is 129 Å². The van der Waals surface area contributed by atoms with Gasteiger partial charge >= 0.3 is 0 Å². The van der Waals surface area contributed by atoms with E-state index >= 15 is 0 Å². The van der Waals surface area contributed by atoms with E-state index in [1.165, 1.54) is 0 Å². The summed E-state index contributed by atoms with van der Waals surface area (Å²) in [4.78, 5) is 4.00. The zero-order chi connectivity index (χ0) is 15.1. The molecule has 1 aromatic carbocycles. The number of aliphatic hydroxyl groups excluding tert-OH is 1. The molecule has 6 heteroatoms. The number of aromatic nitrogens is 2. The van der Waals surface area contributed by atoms with E-state index in [4.69, 9.17) is 16.3 Å². The van der Waals surface area contributed by atoms with Crippen molar-refractivity contribution in [2.75, 3.05) is 13.2 Å². The smallest absolute Gasteiger partial charge is 0.120 e. The van der Waals surface area contributed by atoms with Crippen LogP contribution in [-0.4, -0.2) is 40.0 Å². The van der Waals surface area contributed by atoms with Gasteiger partial charge in [-0.15, -0.1) is 0 Å². The van der Waals surface area contributed by atoms with E-state index in [1.54, 1.807) is 24.7 Å². The van der Waals surface area contributed by atoms with Crippen molar-refractivity contribution in [3.63, 3.8) is 0 Å². The van der Waals surface area contributed by atoms with Crippen LogP contribution in [0.1, 0.15) is 6.92 Å².